The molecule has 8 heteroatoms. The molecule has 0 unspecified atom stereocenters. The number of nitrogens with zero attached hydrogens (tertiary/aromatic N) is 3. The van der Waals surface area contributed by atoms with Crippen LogP contribution in [0.5, 0.6) is 0 Å². The summed E-state index contributed by atoms with van der Waals surface area (Å²) in [5, 5.41) is 0. The van der Waals surface area contributed by atoms with Crippen molar-refractivity contribution in [2.24, 2.45) is 0 Å². The quantitative estimate of drug-likeness (QED) is 0.563. The van der Waals surface area contributed by atoms with Crippen molar-refractivity contribution in [2.45, 2.75) is 11.8 Å². The number of hydrogen-bond donors (Lipinski definition) is 2. The minimum absolute atomic E-state index is 0. The number of nitrogens with two attached hydrogens (primary N) is 1. The number of sulfone groups is 1. The smallest absolute Gasteiger partial charge is 0.175 e. The largest absolute Gasteiger partial charge is 0.382 e. The molecule has 0 aliphatic carbocycles. The van der Waals surface area contributed by atoms with Gasteiger partial charge in [0.25, 0.3) is 0 Å². The summed E-state index contributed by atoms with van der Waals surface area (Å²) in [6.07, 6.45) is 2.73. The summed E-state index contributed by atoms with van der Waals surface area (Å²) in [6.45, 7) is 1.99. The SMILES string of the molecule is Cc1cccc2[nH]c(-c3nc(-c4ccc(S(C)(=O)=O)cc4)cnc3N)nc12.[HH]. The van der Waals surface area contributed by atoms with Gasteiger partial charge in [0.1, 0.15) is 5.69 Å². The second-order valence-electron chi connectivity index (χ2n) is 6.34. The Balaban J connectivity index is 0.00000225. The lowest BCUT2D eigenvalue weighted by atomic mass is 10.1. The lowest BCUT2D eigenvalue weighted by molar-refractivity contribution is 0.602. The maximum Gasteiger partial charge on any atom is 0.175 e. The third-order valence-corrected chi connectivity index (χ3v) is 5.45. The van der Waals surface area contributed by atoms with Crippen LogP contribution in [-0.2, 0) is 9.84 Å². The highest BCUT2D eigenvalue weighted by molar-refractivity contribution is 7.90. The van der Waals surface area contributed by atoms with Crippen LogP contribution < -0.4 is 5.73 Å². The Morgan fingerprint density at radius 2 is 1.81 bits per heavy atom. The molecular formula is C19H19N5O2S. The van der Waals surface area contributed by atoms with Crippen molar-refractivity contribution in [1.82, 2.24) is 19.9 Å². The number of aromatic nitrogens is 4. The number of fused-ring (bicyclic) bond motifs is 1. The van der Waals surface area contributed by atoms with Gasteiger partial charge >= 0.3 is 0 Å². The van der Waals surface area contributed by atoms with E-state index in [-0.39, 0.29) is 12.1 Å². The number of nitrogen functional groups attached to an aromatic ring is 1. The Morgan fingerprint density at radius 1 is 1.07 bits per heavy atom. The van der Waals surface area contributed by atoms with E-state index in [2.05, 4.69) is 19.9 Å². The standard InChI is InChI=1S/C19H17N5O2S.H2/c1-11-4-3-5-14-16(11)24-19(23-14)17-18(20)21-10-15(22-17)12-6-8-13(9-7-12)27(2,25)26;/h3-10H,1-2H3,(H2,20,21)(H,23,24);1H. The Hall–Kier alpha value is -3.26. The Kier molecular flexibility index (Phi) is 3.92. The predicted molar refractivity (Wildman–Crippen MR) is 107 cm³/mol. The fourth-order valence-electron chi connectivity index (χ4n) is 2.87. The van der Waals surface area contributed by atoms with E-state index in [4.69, 9.17) is 5.73 Å². The number of hydrogen-bond acceptors (Lipinski definition) is 6. The molecule has 2 aromatic heterocycles. The van der Waals surface area contributed by atoms with Crippen LogP contribution in [0.2, 0.25) is 0 Å². The van der Waals surface area contributed by atoms with E-state index in [9.17, 15) is 8.42 Å². The van der Waals surface area contributed by atoms with Crippen molar-refractivity contribution in [3.63, 3.8) is 0 Å². The number of anilines is 1. The highest BCUT2D eigenvalue weighted by atomic mass is 32.2. The van der Waals surface area contributed by atoms with Crippen LogP contribution in [0.15, 0.2) is 53.6 Å². The van der Waals surface area contributed by atoms with E-state index in [1.54, 1.807) is 30.5 Å². The van der Waals surface area contributed by atoms with Gasteiger partial charge in [-0.3, -0.25) is 0 Å². The number of rotatable bonds is 3. The van der Waals surface area contributed by atoms with E-state index in [0.717, 1.165) is 22.2 Å². The summed E-state index contributed by atoms with van der Waals surface area (Å²) in [7, 11) is -3.25. The van der Waals surface area contributed by atoms with Gasteiger partial charge in [0, 0.05) is 13.2 Å². The van der Waals surface area contributed by atoms with Gasteiger partial charge in [0.05, 0.1) is 27.8 Å². The van der Waals surface area contributed by atoms with Gasteiger partial charge in [-0.05, 0) is 30.7 Å². The summed E-state index contributed by atoms with van der Waals surface area (Å²) in [5.41, 5.74) is 10.6. The Bertz CT molecular complexity index is 1270. The van der Waals surface area contributed by atoms with Gasteiger partial charge in [0.2, 0.25) is 0 Å². The van der Waals surface area contributed by atoms with Crippen molar-refractivity contribution in [2.75, 3.05) is 12.0 Å². The highest BCUT2D eigenvalue weighted by Gasteiger charge is 2.14. The molecule has 0 fully saturated rings. The molecule has 0 atom stereocenters. The van der Waals surface area contributed by atoms with Crippen LogP contribution in [0.25, 0.3) is 33.8 Å². The zero-order chi connectivity index (χ0) is 19.2. The summed E-state index contributed by atoms with van der Waals surface area (Å²) in [4.78, 5) is 16.9. The van der Waals surface area contributed by atoms with Crippen molar-refractivity contribution >= 4 is 26.7 Å². The van der Waals surface area contributed by atoms with Gasteiger partial charge in [-0.25, -0.2) is 23.4 Å². The minimum Gasteiger partial charge on any atom is -0.382 e. The first-order chi connectivity index (χ1) is 12.8. The average molecular weight is 381 g/mol. The van der Waals surface area contributed by atoms with Crippen LogP contribution in [0.3, 0.4) is 0 Å². The third-order valence-electron chi connectivity index (χ3n) is 4.32. The zero-order valence-electron chi connectivity index (χ0n) is 14.8. The Morgan fingerprint density at radius 3 is 2.48 bits per heavy atom. The van der Waals surface area contributed by atoms with E-state index in [0.29, 0.717) is 17.2 Å². The number of H-pyrrole nitrogens is 1. The molecule has 0 saturated carbocycles. The summed E-state index contributed by atoms with van der Waals surface area (Å²) in [5.74, 6) is 0.808. The molecule has 3 N–H and O–H groups in total. The van der Waals surface area contributed by atoms with Crippen molar-refractivity contribution < 1.29 is 9.84 Å². The number of para-hydroxylation sites is 1. The molecule has 0 spiro atoms. The van der Waals surface area contributed by atoms with Crippen LogP contribution in [0.4, 0.5) is 5.82 Å². The molecule has 2 heterocycles. The molecule has 0 bridgehead atoms. The van der Waals surface area contributed by atoms with Gasteiger partial charge < -0.3 is 10.7 Å². The molecule has 138 valence electrons. The fraction of sp³-hybridized carbons (Fsp3) is 0.105. The van der Waals surface area contributed by atoms with E-state index >= 15 is 0 Å². The van der Waals surface area contributed by atoms with Crippen LogP contribution in [0, 0.1) is 6.92 Å². The number of aryl methyl sites for hydroxylation is 1. The van der Waals surface area contributed by atoms with Crippen LogP contribution in [0.1, 0.15) is 6.99 Å². The van der Waals surface area contributed by atoms with Crippen LogP contribution in [-0.4, -0.2) is 34.6 Å². The molecule has 0 aliphatic heterocycles. The van der Waals surface area contributed by atoms with Crippen molar-refractivity contribution in [3.05, 3.63) is 54.2 Å². The molecule has 27 heavy (non-hydrogen) atoms. The summed E-state index contributed by atoms with van der Waals surface area (Å²) < 4.78 is 23.2. The molecule has 0 aliphatic rings. The number of imidazole rings is 1. The van der Waals surface area contributed by atoms with Gasteiger partial charge in [-0.15, -0.1) is 0 Å². The van der Waals surface area contributed by atoms with E-state index in [1.165, 1.54) is 6.26 Å². The first kappa shape index (κ1) is 17.2. The molecule has 0 saturated heterocycles. The number of nitrogens with one attached hydrogen (secondary N) is 1. The second-order valence-corrected chi connectivity index (χ2v) is 8.36. The van der Waals surface area contributed by atoms with Crippen LogP contribution >= 0.6 is 0 Å². The zero-order valence-corrected chi connectivity index (χ0v) is 15.6. The predicted octanol–water partition coefficient (Wildman–Crippen LogP) is 3.23. The van der Waals surface area contributed by atoms with E-state index in [1.807, 2.05) is 25.1 Å². The summed E-state index contributed by atoms with van der Waals surface area (Å²) in [6, 6.07) is 12.4. The van der Waals surface area contributed by atoms with Gasteiger partial charge in [0.15, 0.2) is 21.5 Å². The maximum atomic E-state index is 11.6. The molecule has 0 radical (unpaired) electrons. The van der Waals surface area contributed by atoms with Gasteiger partial charge in [-0.2, -0.15) is 0 Å². The van der Waals surface area contributed by atoms with Crippen molar-refractivity contribution in [1.29, 1.82) is 0 Å². The topological polar surface area (TPSA) is 115 Å². The summed E-state index contributed by atoms with van der Waals surface area (Å²) >= 11 is 0. The molecule has 4 rings (SSSR count). The third kappa shape index (κ3) is 3.15. The molecule has 4 aromatic rings. The lowest BCUT2D eigenvalue weighted by Gasteiger charge is -2.06. The lowest BCUT2D eigenvalue weighted by Crippen LogP contribution is -2.00. The number of benzene rings is 2. The first-order valence-corrected chi connectivity index (χ1v) is 10.1. The first-order valence-electron chi connectivity index (χ1n) is 8.21. The van der Waals surface area contributed by atoms with E-state index < -0.39 is 9.84 Å². The average Bonchev–Trinajstić information content (AvgIpc) is 3.07. The van der Waals surface area contributed by atoms with Gasteiger partial charge in [-0.1, -0.05) is 24.3 Å². The molecule has 7 nitrogen and oxygen atoms in total. The van der Waals surface area contributed by atoms with Crippen molar-refractivity contribution in [3.8, 4) is 22.8 Å². The maximum absolute atomic E-state index is 11.6. The fourth-order valence-corrected chi connectivity index (χ4v) is 3.50. The minimum atomic E-state index is -3.25. The highest BCUT2D eigenvalue weighted by Crippen LogP contribution is 2.27. The Labute approximate surface area is 157 Å². The second kappa shape index (κ2) is 6.17. The number of aromatic amines is 1. The molecular weight excluding hydrogens is 362 g/mol. The monoisotopic (exact) mass is 381 g/mol. The normalized spacial score (nSPS) is 11.8. The molecule has 0 amide bonds. The molecule has 2 aromatic carbocycles.